The molecule has 1 unspecified atom stereocenters. The van der Waals surface area contributed by atoms with Gasteiger partial charge in [0.15, 0.2) is 0 Å². The van der Waals surface area contributed by atoms with Gasteiger partial charge >= 0.3 is 0 Å². The first-order valence-electron chi connectivity index (χ1n) is 6.27. The van der Waals surface area contributed by atoms with Crippen LogP contribution in [0.3, 0.4) is 0 Å². The quantitative estimate of drug-likeness (QED) is 0.854. The second-order valence-corrected chi connectivity index (χ2v) is 5.06. The summed E-state index contributed by atoms with van der Waals surface area (Å²) in [6, 6.07) is 5.53. The van der Waals surface area contributed by atoms with E-state index in [2.05, 4.69) is 5.32 Å². The molecule has 0 fully saturated rings. The number of aliphatic hydroxyl groups excluding tert-OH is 1. The summed E-state index contributed by atoms with van der Waals surface area (Å²) >= 11 is 1.59. The van der Waals surface area contributed by atoms with Gasteiger partial charge in [-0.15, -0.1) is 0 Å². The van der Waals surface area contributed by atoms with Crippen LogP contribution < -0.4 is 5.32 Å². The third-order valence-electron chi connectivity index (χ3n) is 2.73. The van der Waals surface area contributed by atoms with Crippen molar-refractivity contribution in [1.29, 1.82) is 0 Å². The molecule has 2 rings (SSSR count). The Hall–Kier alpha value is -1.59. The first kappa shape index (κ1) is 13.8. The second kappa shape index (κ2) is 6.54. The predicted octanol–water partition coefficient (Wildman–Crippen LogP) is 2.96. The standard InChI is InChI=1S/C14H17NO3S/c1-2-3-14(17)15-8-11(16)13-5-4-12(18-13)10-6-7-19-9-10/h4-7,9,11,16H,2-3,8H2,1H3,(H,15,17). The molecule has 2 N–H and O–H groups in total. The highest BCUT2D eigenvalue weighted by atomic mass is 32.1. The summed E-state index contributed by atoms with van der Waals surface area (Å²) in [6.07, 6.45) is 0.462. The van der Waals surface area contributed by atoms with E-state index in [4.69, 9.17) is 4.42 Å². The molecule has 102 valence electrons. The average Bonchev–Trinajstić information content (AvgIpc) is 3.06. The SMILES string of the molecule is CCCC(=O)NCC(O)c1ccc(-c2ccsc2)o1. The number of hydrogen-bond donors (Lipinski definition) is 2. The minimum absolute atomic E-state index is 0.0498. The Bertz CT molecular complexity index is 519. The zero-order chi connectivity index (χ0) is 13.7. The lowest BCUT2D eigenvalue weighted by atomic mass is 10.2. The average molecular weight is 279 g/mol. The van der Waals surface area contributed by atoms with Crippen molar-refractivity contribution >= 4 is 17.2 Å². The number of carbonyl (C=O) groups excluding carboxylic acids is 1. The van der Waals surface area contributed by atoms with E-state index >= 15 is 0 Å². The Morgan fingerprint density at radius 3 is 3.00 bits per heavy atom. The fourth-order valence-corrected chi connectivity index (χ4v) is 2.36. The summed E-state index contributed by atoms with van der Waals surface area (Å²) in [7, 11) is 0. The maximum absolute atomic E-state index is 11.3. The van der Waals surface area contributed by atoms with Gasteiger partial charge in [0, 0.05) is 17.4 Å². The number of thiophene rings is 1. The molecular weight excluding hydrogens is 262 g/mol. The molecule has 0 spiro atoms. The van der Waals surface area contributed by atoms with Gasteiger partial charge in [-0.1, -0.05) is 6.92 Å². The Morgan fingerprint density at radius 2 is 2.32 bits per heavy atom. The Balaban J connectivity index is 1.93. The molecule has 0 aliphatic heterocycles. The second-order valence-electron chi connectivity index (χ2n) is 4.28. The van der Waals surface area contributed by atoms with Gasteiger partial charge in [0.2, 0.25) is 5.91 Å². The van der Waals surface area contributed by atoms with Crippen LogP contribution in [-0.2, 0) is 4.79 Å². The van der Waals surface area contributed by atoms with Gasteiger partial charge in [-0.05, 0) is 30.0 Å². The van der Waals surface area contributed by atoms with E-state index in [9.17, 15) is 9.90 Å². The van der Waals surface area contributed by atoms with Gasteiger partial charge in [-0.3, -0.25) is 4.79 Å². The number of carbonyl (C=O) groups is 1. The molecule has 19 heavy (non-hydrogen) atoms. The zero-order valence-corrected chi connectivity index (χ0v) is 11.6. The number of aliphatic hydroxyl groups is 1. The third kappa shape index (κ3) is 3.68. The molecule has 2 aromatic heterocycles. The van der Waals surface area contributed by atoms with Gasteiger partial charge in [-0.25, -0.2) is 0 Å². The zero-order valence-electron chi connectivity index (χ0n) is 10.8. The first-order valence-corrected chi connectivity index (χ1v) is 7.22. The summed E-state index contributed by atoms with van der Waals surface area (Å²) in [5.74, 6) is 1.15. The Labute approximate surface area is 116 Å². The van der Waals surface area contributed by atoms with Gasteiger partial charge in [-0.2, -0.15) is 11.3 Å². The molecule has 0 saturated carbocycles. The molecular formula is C14H17NO3S. The van der Waals surface area contributed by atoms with E-state index in [1.54, 1.807) is 17.4 Å². The molecule has 0 saturated heterocycles. The molecule has 1 amide bonds. The predicted molar refractivity (Wildman–Crippen MR) is 74.9 cm³/mol. The topological polar surface area (TPSA) is 62.5 Å². The van der Waals surface area contributed by atoms with Crippen molar-refractivity contribution in [3.8, 4) is 11.3 Å². The fourth-order valence-electron chi connectivity index (χ4n) is 1.72. The van der Waals surface area contributed by atoms with Crippen LogP contribution in [0.25, 0.3) is 11.3 Å². The monoisotopic (exact) mass is 279 g/mol. The molecule has 0 aromatic carbocycles. The molecule has 1 atom stereocenters. The van der Waals surface area contributed by atoms with E-state index < -0.39 is 6.10 Å². The van der Waals surface area contributed by atoms with Gasteiger partial charge in [0.1, 0.15) is 17.6 Å². The maximum Gasteiger partial charge on any atom is 0.220 e. The fraction of sp³-hybridized carbons (Fsp3) is 0.357. The van der Waals surface area contributed by atoms with E-state index in [1.165, 1.54) is 0 Å². The van der Waals surface area contributed by atoms with Crippen molar-refractivity contribution in [3.05, 3.63) is 34.7 Å². The third-order valence-corrected chi connectivity index (χ3v) is 3.41. The summed E-state index contributed by atoms with van der Waals surface area (Å²) < 4.78 is 5.59. The van der Waals surface area contributed by atoms with Crippen molar-refractivity contribution in [2.45, 2.75) is 25.9 Å². The molecule has 0 radical (unpaired) electrons. The number of rotatable bonds is 6. The molecule has 2 aromatic rings. The lowest BCUT2D eigenvalue weighted by Crippen LogP contribution is -2.27. The molecule has 5 heteroatoms. The van der Waals surface area contributed by atoms with Crippen LogP contribution in [0, 0.1) is 0 Å². The number of nitrogens with one attached hydrogen (secondary N) is 1. The van der Waals surface area contributed by atoms with E-state index in [0.29, 0.717) is 12.2 Å². The summed E-state index contributed by atoms with van der Waals surface area (Å²) in [5, 5.41) is 16.6. The number of hydrogen-bond acceptors (Lipinski definition) is 4. The van der Waals surface area contributed by atoms with E-state index in [-0.39, 0.29) is 12.5 Å². The summed E-state index contributed by atoms with van der Waals surface area (Å²) in [6.45, 7) is 2.12. The van der Waals surface area contributed by atoms with Gasteiger partial charge < -0.3 is 14.8 Å². The van der Waals surface area contributed by atoms with Crippen molar-refractivity contribution in [2.24, 2.45) is 0 Å². The van der Waals surface area contributed by atoms with Crippen LogP contribution in [0.5, 0.6) is 0 Å². The lowest BCUT2D eigenvalue weighted by Gasteiger charge is -2.09. The molecule has 0 aliphatic rings. The highest BCUT2D eigenvalue weighted by Crippen LogP contribution is 2.26. The van der Waals surface area contributed by atoms with Crippen molar-refractivity contribution in [2.75, 3.05) is 6.54 Å². The van der Waals surface area contributed by atoms with Crippen molar-refractivity contribution in [1.82, 2.24) is 5.32 Å². The molecule has 0 bridgehead atoms. The normalized spacial score (nSPS) is 12.3. The van der Waals surface area contributed by atoms with Gasteiger partial charge in [0.25, 0.3) is 0 Å². The van der Waals surface area contributed by atoms with Crippen LogP contribution in [-0.4, -0.2) is 17.6 Å². The largest absolute Gasteiger partial charge is 0.458 e. The van der Waals surface area contributed by atoms with E-state index in [0.717, 1.165) is 17.7 Å². The maximum atomic E-state index is 11.3. The van der Waals surface area contributed by atoms with Crippen LogP contribution in [0.1, 0.15) is 31.6 Å². The van der Waals surface area contributed by atoms with E-state index in [1.807, 2.05) is 29.8 Å². The summed E-state index contributed by atoms with van der Waals surface area (Å²) in [5.41, 5.74) is 0.999. The first-order chi connectivity index (χ1) is 9.20. The lowest BCUT2D eigenvalue weighted by molar-refractivity contribution is -0.121. The highest BCUT2D eigenvalue weighted by Gasteiger charge is 2.14. The molecule has 4 nitrogen and oxygen atoms in total. The molecule has 0 aliphatic carbocycles. The van der Waals surface area contributed by atoms with Crippen LogP contribution >= 0.6 is 11.3 Å². The van der Waals surface area contributed by atoms with Crippen LogP contribution in [0.4, 0.5) is 0 Å². The smallest absolute Gasteiger partial charge is 0.220 e. The highest BCUT2D eigenvalue weighted by molar-refractivity contribution is 7.08. The number of amides is 1. The summed E-state index contributed by atoms with van der Waals surface area (Å²) in [4.78, 5) is 11.3. The van der Waals surface area contributed by atoms with Crippen molar-refractivity contribution in [3.63, 3.8) is 0 Å². The van der Waals surface area contributed by atoms with Gasteiger partial charge in [0.05, 0.1) is 6.54 Å². The van der Waals surface area contributed by atoms with Crippen molar-refractivity contribution < 1.29 is 14.3 Å². The molecule has 2 heterocycles. The van der Waals surface area contributed by atoms with Crippen LogP contribution in [0.15, 0.2) is 33.4 Å². The minimum atomic E-state index is -0.812. The Morgan fingerprint density at radius 1 is 1.47 bits per heavy atom. The minimum Gasteiger partial charge on any atom is -0.458 e. The number of furan rings is 1. The van der Waals surface area contributed by atoms with Crippen LogP contribution in [0.2, 0.25) is 0 Å². The Kier molecular flexibility index (Phi) is 4.76.